The number of nitrogens with zero attached hydrogens (tertiary/aromatic N) is 2. The Bertz CT molecular complexity index is 885. The van der Waals surface area contributed by atoms with Crippen LogP contribution in [0.4, 0.5) is 0 Å². The molecule has 0 saturated carbocycles. The molecule has 0 spiro atoms. The summed E-state index contributed by atoms with van der Waals surface area (Å²) < 4.78 is 30.9. The number of hydrogen-bond donors (Lipinski definition) is 0. The second-order valence-electron chi connectivity index (χ2n) is 6.20. The molecule has 0 aromatic heterocycles. The Kier molecular flexibility index (Phi) is 7.71. The quantitative estimate of drug-likeness (QED) is 0.596. The van der Waals surface area contributed by atoms with Gasteiger partial charge in [-0.3, -0.25) is 9.59 Å². The molecule has 0 bridgehead atoms. The molecule has 0 unspecified atom stereocenters. The van der Waals surface area contributed by atoms with Crippen LogP contribution in [-0.4, -0.2) is 56.7 Å². The van der Waals surface area contributed by atoms with Gasteiger partial charge in [0.2, 0.25) is 15.9 Å². The summed E-state index contributed by atoms with van der Waals surface area (Å²) in [6.07, 6.45) is 0.0320. The Morgan fingerprint density at radius 1 is 0.964 bits per heavy atom. The largest absolute Gasteiger partial charge is 0.469 e. The summed E-state index contributed by atoms with van der Waals surface area (Å²) in [6, 6.07) is 17.2. The van der Waals surface area contributed by atoms with Gasteiger partial charge in [-0.25, -0.2) is 8.42 Å². The number of hydrogen-bond acceptors (Lipinski definition) is 5. The van der Waals surface area contributed by atoms with E-state index in [2.05, 4.69) is 4.74 Å². The van der Waals surface area contributed by atoms with E-state index in [0.717, 1.165) is 9.87 Å². The normalized spacial score (nSPS) is 11.2. The number of esters is 1. The molecule has 0 aliphatic rings. The first-order valence-corrected chi connectivity index (χ1v) is 10.2. The smallest absolute Gasteiger partial charge is 0.307 e. The van der Waals surface area contributed by atoms with Gasteiger partial charge in [-0.2, -0.15) is 4.31 Å². The van der Waals surface area contributed by atoms with Crippen molar-refractivity contribution >= 4 is 21.9 Å². The second-order valence-corrected chi connectivity index (χ2v) is 8.25. The fraction of sp³-hybridized carbons (Fsp3) is 0.300. The first-order valence-electron chi connectivity index (χ1n) is 8.74. The van der Waals surface area contributed by atoms with Crippen LogP contribution in [0.15, 0.2) is 65.6 Å². The minimum absolute atomic E-state index is 0.0320. The first-order chi connectivity index (χ1) is 13.3. The SMILES string of the molecule is COC(=O)CCN(Cc1ccccc1)C(=O)CN(C)S(=O)(=O)c1ccccc1. The Morgan fingerprint density at radius 2 is 1.54 bits per heavy atom. The predicted octanol–water partition coefficient (Wildman–Crippen LogP) is 1.90. The van der Waals surface area contributed by atoms with Gasteiger partial charge in [0.25, 0.3) is 0 Å². The molecule has 28 heavy (non-hydrogen) atoms. The summed E-state index contributed by atoms with van der Waals surface area (Å²) in [5.41, 5.74) is 0.884. The van der Waals surface area contributed by atoms with E-state index in [0.29, 0.717) is 0 Å². The lowest BCUT2D eigenvalue weighted by Gasteiger charge is -2.25. The molecule has 0 aliphatic heterocycles. The molecule has 7 nitrogen and oxygen atoms in total. The third-order valence-electron chi connectivity index (χ3n) is 4.19. The summed E-state index contributed by atoms with van der Waals surface area (Å²) in [5.74, 6) is -0.828. The highest BCUT2D eigenvalue weighted by molar-refractivity contribution is 7.89. The maximum absolute atomic E-state index is 12.8. The Hall–Kier alpha value is -2.71. The van der Waals surface area contributed by atoms with Crippen molar-refractivity contribution in [1.82, 2.24) is 9.21 Å². The standard InChI is InChI=1S/C20H24N2O5S/c1-21(28(25,26)18-11-7-4-8-12-18)16-19(23)22(14-13-20(24)27-2)15-17-9-5-3-6-10-17/h3-12H,13-16H2,1-2H3. The molecule has 0 saturated heterocycles. The van der Waals surface area contributed by atoms with E-state index in [1.807, 2.05) is 30.3 Å². The molecular formula is C20H24N2O5S. The average Bonchev–Trinajstić information content (AvgIpc) is 2.71. The highest BCUT2D eigenvalue weighted by Gasteiger charge is 2.25. The molecule has 0 N–H and O–H groups in total. The number of benzene rings is 2. The van der Waals surface area contributed by atoms with Crippen LogP contribution in [0.3, 0.4) is 0 Å². The van der Waals surface area contributed by atoms with E-state index in [1.54, 1.807) is 18.2 Å². The zero-order valence-electron chi connectivity index (χ0n) is 15.9. The molecule has 0 aliphatic carbocycles. The molecule has 8 heteroatoms. The third-order valence-corrected chi connectivity index (χ3v) is 6.01. The number of methoxy groups -OCH3 is 1. The number of likely N-dealkylation sites (N-methyl/N-ethyl adjacent to an activating group) is 1. The fourth-order valence-corrected chi connectivity index (χ4v) is 3.71. The second kappa shape index (κ2) is 10.0. The average molecular weight is 404 g/mol. The minimum Gasteiger partial charge on any atom is -0.469 e. The van der Waals surface area contributed by atoms with Gasteiger partial charge in [0.05, 0.1) is 25.0 Å². The molecule has 1 amide bonds. The van der Waals surface area contributed by atoms with Crippen LogP contribution in [0.2, 0.25) is 0 Å². The maximum Gasteiger partial charge on any atom is 0.307 e. The van der Waals surface area contributed by atoms with Crippen molar-refractivity contribution in [3.8, 4) is 0 Å². The van der Waals surface area contributed by atoms with Crippen LogP contribution in [-0.2, 0) is 30.9 Å². The Labute approximate surface area is 165 Å². The minimum atomic E-state index is -3.78. The Morgan fingerprint density at radius 3 is 2.11 bits per heavy atom. The third kappa shape index (κ3) is 5.90. The summed E-state index contributed by atoms with van der Waals surface area (Å²) in [5, 5.41) is 0. The van der Waals surface area contributed by atoms with Gasteiger partial charge in [-0.15, -0.1) is 0 Å². The summed E-state index contributed by atoms with van der Waals surface area (Å²) in [4.78, 5) is 25.9. The zero-order valence-corrected chi connectivity index (χ0v) is 16.8. The van der Waals surface area contributed by atoms with E-state index in [4.69, 9.17) is 0 Å². The van der Waals surface area contributed by atoms with Gasteiger partial charge in [0.15, 0.2) is 0 Å². The number of carbonyl (C=O) groups excluding carboxylic acids is 2. The molecular weight excluding hydrogens is 380 g/mol. The molecule has 2 aromatic carbocycles. The van der Waals surface area contributed by atoms with Gasteiger partial charge < -0.3 is 9.64 Å². The molecule has 2 aromatic rings. The lowest BCUT2D eigenvalue weighted by Crippen LogP contribution is -2.41. The maximum atomic E-state index is 12.8. The van der Waals surface area contributed by atoms with E-state index in [-0.39, 0.29) is 31.0 Å². The van der Waals surface area contributed by atoms with E-state index < -0.39 is 21.9 Å². The lowest BCUT2D eigenvalue weighted by atomic mass is 10.2. The number of amides is 1. The predicted molar refractivity (Wildman–Crippen MR) is 105 cm³/mol. The molecule has 0 atom stereocenters. The number of sulfonamides is 1. The molecule has 0 heterocycles. The van der Waals surface area contributed by atoms with Crippen molar-refractivity contribution in [2.75, 3.05) is 27.2 Å². The molecule has 2 rings (SSSR count). The van der Waals surface area contributed by atoms with E-state index >= 15 is 0 Å². The number of carbonyl (C=O) groups is 2. The number of rotatable bonds is 9. The number of ether oxygens (including phenoxy) is 1. The monoisotopic (exact) mass is 404 g/mol. The first kappa shape index (κ1) is 21.6. The van der Waals surface area contributed by atoms with Gasteiger partial charge in [-0.1, -0.05) is 48.5 Å². The van der Waals surface area contributed by atoms with E-state index in [9.17, 15) is 18.0 Å². The van der Waals surface area contributed by atoms with Crippen molar-refractivity contribution in [3.63, 3.8) is 0 Å². The van der Waals surface area contributed by atoms with Crippen LogP contribution in [0.1, 0.15) is 12.0 Å². The van der Waals surface area contributed by atoms with Gasteiger partial charge >= 0.3 is 5.97 Å². The highest BCUT2D eigenvalue weighted by atomic mass is 32.2. The van der Waals surface area contributed by atoms with Crippen LogP contribution < -0.4 is 0 Å². The van der Waals surface area contributed by atoms with Gasteiger partial charge in [0, 0.05) is 20.1 Å². The van der Waals surface area contributed by atoms with Crippen LogP contribution >= 0.6 is 0 Å². The molecule has 0 radical (unpaired) electrons. The van der Waals surface area contributed by atoms with Gasteiger partial charge in [-0.05, 0) is 17.7 Å². The topological polar surface area (TPSA) is 84.0 Å². The van der Waals surface area contributed by atoms with Crippen LogP contribution in [0.5, 0.6) is 0 Å². The van der Waals surface area contributed by atoms with Gasteiger partial charge in [0.1, 0.15) is 0 Å². The summed E-state index contributed by atoms with van der Waals surface area (Å²) in [6.45, 7) is 0.0841. The van der Waals surface area contributed by atoms with Crippen molar-refractivity contribution in [1.29, 1.82) is 0 Å². The van der Waals surface area contributed by atoms with Crippen molar-refractivity contribution in [3.05, 3.63) is 66.2 Å². The fourth-order valence-electron chi connectivity index (χ4n) is 2.57. The zero-order chi connectivity index (χ0) is 20.6. The molecule has 0 fully saturated rings. The van der Waals surface area contributed by atoms with Crippen molar-refractivity contribution in [2.24, 2.45) is 0 Å². The highest BCUT2D eigenvalue weighted by Crippen LogP contribution is 2.14. The summed E-state index contributed by atoms with van der Waals surface area (Å²) in [7, 11) is -1.14. The van der Waals surface area contributed by atoms with Crippen molar-refractivity contribution in [2.45, 2.75) is 17.9 Å². The summed E-state index contributed by atoms with van der Waals surface area (Å²) >= 11 is 0. The lowest BCUT2D eigenvalue weighted by molar-refractivity contribution is -0.142. The van der Waals surface area contributed by atoms with Crippen molar-refractivity contribution < 1.29 is 22.7 Å². The van der Waals surface area contributed by atoms with E-state index in [1.165, 1.54) is 31.2 Å². The van der Waals surface area contributed by atoms with Crippen LogP contribution in [0.25, 0.3) is 0 Å². The Balaban J connectivity index is 2.13. The molecule has 150 valence electrons. The van der Waals surface area contributed by atoms with Crippen LogP contribution in [0, 0.1) is 0 Å².